The number of nitrogens with one attached hydrogen (secondary N) is 2. The summed E-state index contributed by atoms with van der Waals surface area (Å²) in [5, 5.41) is 10.8. The van der Waals surface area contributed by atoms with E-state index in [2.05, 4.69) is 20.5 Å². The summed E-state index contributed by atoms with van der Waals surface area (Å²) < 4.78 is 38.8. The van der Waals surface area contributed by atoms with Gasteiger partial charge in [-0.25, -0.2) is 4.98 Å². The molecule has 1 amide bonds. The molecular weight excluding hydrogens is 405 g/mol. The monoisotopic (exact) mass is 424 g/mol. The minimum absolute atomic E-state index is 0.0693. The molecule has 0 bridgehead atoms. The molecule has 4 rings (SSSR count). The Balaban J connectivity index is 1.63. The average Bonchev–Trinajstić information content (AvgIpc) is 3.17. The number of anilines is 1. The molecule has 2 aromatic carbocycles. The lowest BCUT2D eigenvalue weighted by Crippen LogP contribution is -2.14. The van der Waals surface area contributed by atoms with Crippen molar-refractivity contribution in [3.05, 3.63) is 77.0 Å². The number of fused-ring (bicyclic) bond motifs is 1. The van der Waals surface area contributed by atoms with E-state index >= 15 is 0 Å². The number of hydrogen-bond acceptors (Lipinski definition) is 3. The zero-order chi connectivity index (χ0) is 22.2. The molecule has 0 aliphatic heterocycles. The first-order valence-electron chi connectivity index (χ1n) is 9.70. The number of halogens is 3. The maximum absolute atomic E-state index is 12.9. The van der Waals surface area contributed by atoms with Crippen molar-refractivity contribution < 1.29 is 18.0 Å². The molecule has 5 nitrogen and oxygen atoms in total. The summed E-state index contributed by atoms with van der Waals surface area (Å²) in [6, 6.07) is 13.4. The topological polar surface area (TPSA) is 70.7 Å². The molecular formula is C23H19F3N4O. The van der Waals surface area contributed by atoms with Crippen LogP contribution >= 0.6 is 0 Å². The molecule has 0 atom stereocenters. The highest BCUT2D eigenvalue weighted by atomic mass is 19.4. The molecule has 2 aromatic heterocycles. The Morgan fingerprint density at radius 2 is 1.90 bits per heavy atom. The Morgan fingerprint density at radius 3 is 2.65 bits per heavy atom. The molecule has 0 unspecified atom stereocenters. The Bertz CT molecular complexity index is 1280. The number of aromatic amines is 1. The number of hydrogen-bond donors (Lipinski definition) is 2. The third-order valence-corrected chi connectivity index (χ3v) is 5.07. The van der Waals surface area contributed by atoms with Crippen molar-refractivity contribution in [1.82, 2.24) is 15.2 Å². The van der Waals surface area contributed by atoms with Gasteiger partial charge in [0.1, 0.15) is 0 Å². The van der Waals surface area contributed by atoms with Crippen LogP contribution in [0.15, 0.2) is 54.6 Å². The van der Waals surface area contributed by atoms with Gasteiger partial charge in [-0.15, -0.1) is 0 Å². The van der Waals surface area contributed by atoms with Gasteiger partial charge in [-0.3, -0.25) is 9.89 Å². The Labute approximate surface area is 176 Å². The molecule has 0 aliphatic carbocycles. The molecule has 158 valence electrons. The van der Waals surface area contributed by atoms with Crippen molar-refractivity contribution in [2.45, 2.75) is 26.4 Å². The number of alkyl halides is 3. The number of H-pyrrole nitrogens is 1. The first kappa shape index (κ1) is 20.6. The van der Waals surface area contributed by atoms with E-state index in [0.29, 0.717) is 17.0 Å². The highest BCUT2D eigenvalue weighted by molar-refractivity contribution is 6.04. The molecule has 0 saturated carbocycles. The number of aromatic nitrogens is 3. The second-order valence-electron chi connectivity index (χ2n) is 7.19. The van der Waals surface area contributed by atoms with E-state index < -0.39 is 17.6 Å². The summed E-state index contributed by atoms with van der Waals surface area (Å²) in [6.45, 7) is 3.95. The van der Waals surface area contributed by atoms with Gasteiger partial charge in [-0.1, -0.05) is 19.1 Å². The van der Waals surface area contributed by atoms with Crippen molar-refractivity contribution in [2.75, 3.05) is 5.32 Å². The van der Waals surface area contributed by atoms with E-state index in [1.165, 1.54) is 12.1 Å². The van der Waals surface area contributed by atoms with Crippen LogP contribution in [0.5, 0.6) is 0 Å². The van der Waals surface area contributed by atoms with E-state index in [4.69, 9.17) is 0 Å². The van der Waals surface area contributed by atoms with Gasteiger partial charge < -0.3 is 5.32 Å². The molecule has 31 heavy (non-hydrogen) atoms. The summed E-state index contributed by atoms with van der Waals surface area (Å²) in [5.74, 6) is -0.621. The van der Waals surface area contributed by atoms with E-state index in [0.717, 1.165) is 40.8 Å². The Morgan fingerprint density at radius 1 is 1.10 bits per heavy atom. The molecule has 2 N–H and O–H groups in total. The molecule has 4 aromatic rings. The van der Waals surface area contributed by atoms with E-state index in [-0.39, 0.29) is 5.56 Å². The highest BCUT2D eigenvalue weighted by Gasteiger charge is 2.30. The molecule has 0 saturated heterocycles. The lowest BCUT2D eigenvalue weighted by atomic mass is 10.0. The van der Waals surface area contributed by atoms with Crippen molar-refractivity contribution in [1.29, 1.82) is 0 Å². The molecule has 0 spiro atoms. The zero-order valence-corrected chi connectivity index (χ0v) is 16.8. The van der Waals surface area contributed by atoms with Crippen LogP contribution in [-0.2, 0) is 12.6 Å². The predicted octanol–water partition coefficient (Wildman–Crippen LogP) is 5.77. The summed E-state index contributed by atoms with van der Waals surface area (Å²) in [5.41, 5.74) is 3.56. The number of aryl methyl sites for hydroxylation is 2. The van der Waals surface area contributed by atoms with Crippen molar-refractivity contribution in [3.63, 3.8) is 0 Å². The van der Waals surface area contributed by atoms with Gasteiger partial charge in [0, 0.05) is 27.9 Å². The summed E-state index contributed by atoms with van der Waals surface area (Å²) in [4.78, 5) is 17.1. The van der Waals surface area contributed by atoms with Crippen LogP contribution < -0.4 is 5.32 Å². The van der Waals surface area contributed by atoms with E-state index in [1.807, 2.05) is 32.0 Å². The van der Waals surface area contributed by atoms with Crippen LogP contribution in [0.4, 0.5) is 18.9 Å². The van der Waals surface area contributed by atoms with Crippen molar-refractivity contribution in [2.24, 2.45) is 0 Å². The predicted molar refractivity (Wildman–Crippen MR) is 113 cm³/mol. The third kappa shape index (κ3) is 4.14. The number of rotatable bonds is 4. The summed E-state index contributed by atoms with van der Waals surface area (Å²) >= 11 is 0. The van der Waals surface area contributed by atoms with Crippen molar-refractivity contribution >= 4 is 22.6 Å². The van der Waals surface area contributed by atoms with Gasteiger partial charge in [-0.05, 0) is 61.4 Å². The third-order valence-electron chi connectivity index (χ3n) is 5.07. The number of nitrogens with zero attached hydrogens (tertiary/aromatic N) is 2. The smallest absolute Gasteiger partial charge is 0.322 e. The quantitative estimate of drug-likeness (QED) is 0.437. The average molecular weight is 424 g/mol. The largest absolute Gasteiger partial charge is 0.416 e. The number of pyridine rings is 1. The van der Waals surface area contributed by atoms with Gasteiger partial charge in [0.05, 0.1) is 11.3 Å². The molecule has 2 heterocycles. The van der Waals surface area contributed by atoms with Crippen LogP contribution in [0.25, 0.3) is 22.3 Å². The maximum atomic E-state index is 12.9. The van der Waals surface area contributed by atoms with Gasteiger partial charge >= 0.3 is 6.18 Å². The molecule has 0 fully saturated rings. The lowest BCUT2D eigenvalue weighted by molar-refractivity contribution is -0.137. The zero-order valence-electron chi connectivity index (χ0n) is 16.8. The molecule has 0 radical (unpaired) electrons. The van der Waals surface area contributed by atoms with Crippen LogP contribution in [0.2, 0.25) is 0 Å². The lowest BCUT2D eigenvalue weighted by Gasteiger charge is -2.11. The van der Waals surface area contributed by atoms with Gasteiger partial charge in [0.15, 0.2) is 5.65 Å². The second kappa shape index (κ2) is 7.86. The minimum atomic E-state index is -4.51. The van der Waals surface area contributed by atoms with Crippen LogP contribution in [0, 0.1) is 6.92 Å². The fraction of sp³-hybridized carbons (Fsp3) is 0.174. The molecule has 8 heteroatoms. The Hall–Kier alpha value is -3.68. The summed E-state index contributed by atoms with van der Waals surface area (Å²) in [6.07, 6.45) is -3.70. The Kier molecular flexibility index (Phi) is 5.22. The van der Waals surface area contributed by atoms with Crippen LogP contribution in [-0.4, -0.2) is 21.1 Å². The van der Waals surface area contributed by atoms with Crippen LogP contribution in [0.1, 0.15) is 34.1 Å². The summed E-state index contributed by atoms with van der Waals surface area (Å²) in [7, 11) is 0. The number of amides is 1. The van der Waals surface area contributed by atoms with Crippen molar-refractivity contribution in [3.8, 4) is 11.3 Å². The highest BCUT2D eigenvalue weighted by Crippen LogP contribution is 2.30. The van der Waals surface area contributed by atoms with E-state index in [9.17, 15) is 18.0 Å². The van der Waals surface area contributed by atoms with Gasteiger partial charge in [-0.2, -0.15) is 18.3 Å². The first-order chi connectivity index (χ1) is 14.8. The second-order valence-corrected chi connectivity index (χ2v) is 7.19. The molecule has 0 aliphatic rings. The maximum Gasteiger partial charge on any atom is 0.416 e. The SMILES string of the molecule is CCc1[nH]nc2nc(-c3cc(NC(=O)c4cccc(C(F)(F)F)c4)ccc3C)ccc12. The number of carbonyl (C=O) groups is 1. The van der Waals surface area contributed by atoms with E-state index in [1.54, 1.807) is 12.1 Å². The van der Waals surface area contributed by atoms with Gasteiger partial charge in [0.2, 0.25) is 0 Å². The fourth-order valence-corrected chi connectivity index (χ4v) is 3.39. The minimum Gasteiger partial charge on any atom is -0.322 e. The first-order valence-corrected chi connectivity index (χ1v) is 9.70. The standard InChI is InChI=1S/C23H19F3N4O/c1-3-19-17-9-10-20(28-21(17)30-29-19)18-12-16(8-7-13(18)2)27-22(31)14-5-4-6-15(11-14)23(24,25)26/h4-12H,3H2,1-2H3,(H,27,31)(H,28,29,30). The normalized spacial score (nSPS) is 11.6. The van der Waals surface area contributed by atoms with Crippen LogP contribution in [0.3, 0.4) is 0 Å². The van der Waals surface area contributed by atoms with Gasteiger partial charge in [0.25, 0.3) is 5.91 Å². The number of carbonyl (C=O) groups excluding carboxylic acids is 1. The fourth-order valence-electron chi connectivity index (χ4n) is 3.39. The number of benzene rings is 2.